The van der Waals surface area contributed by atoms with Crippen molar-refractivity contribution in [1.29, 1.82) is 0 Å². The highest BCUT2D eigenvalue weighted by Crippen LogP contribution is 2.39. The Balaban J connectivity index is 1.21. The van der Waals surface area contributed by atoms with E-state index >= 15 is 0 Å². The Morgan fingerprint density at radius 3 is 2.58 bits per heavy atom. The molecule has 0 aliphatic carbocycles. The number of nitrogens with zero attached hydrogens (tertiary/aromatic N) is 4. The Morgan fingerprint density at radius 1 is 0.867 bits per heavy atom. The molecule has 2 aliphatic heterocycles. The van der Waals surface area contributed by atoms with E-state index in [-0.39, 0.29) is 6.61 Å². The maximum absolute atomic E-state index is 10.8. The second-order valence-electron chi connectivity index (χ2n) is 12.2. The number of hydrogen-bond donors (Lipinski definition) is 1. The second-order valence-corrected chi connectivity index (χ2v) is 12.2. The molecular formula is C37H44N4O4. The van der Waals surface area contributed by atoms with Crippen LogP contribution in [0.2, 0.25) is 0 Å². The zero-order valence-corrected chi connectivity index (χ0v) is 26.3. The first-order valence-corrected chi connectivity index (χ1v) is 16.5. The molecule has 8 nitrogen and oxygen atoms in total. The molecule has 3 aromatic carbocycles. The van der Waals surface area contributed by atoms with Gasteiger partial charge in [0.05, 0.1) is 56.5 Å². The van der Waals surface area contributed by atoms with E-state index in [1.807, 2.05) is 0 Å². The van der Waals surface area contributed by atoms with Gasteiger partial charge in [0, 0.05) is 60.4 Å². The number of benzene rings is 3. The molecule has 0 amide bonds. The molecule has 2 aliphatic rings. The van der Waals surface area contributed by atoms with Gasteiger partial charge in [0.25, 0.3) is 0 Å². The molecule has 5 aromatic rings. The van der Waals surface area contributed by atoms with E-state index in [9.17, 15) is 5.11 Å². The first-order chi connectivity index (χ1) is 22.2. The van der Waals surface area contributed by atoms with Crippen molar-refractivity contribution in [3.05, 3.63) is 83.3 Å². The number of aliphatic hydroxyl groups excluding tert-OH is 1. The van der Waals surface area contributed by atoms with Crippen LogP contribution >= 0.6 is 0 Å². The lowest BCUT2D eigenvalue weighted by molar-refractivity contribution is 0.0354. The Labute approximate surface area is 265 Å². The molecule has 0 bridgehead atoms. The van der Waals surface area contributed by atoms with Gasteiger partial charge < -0.3 is 23.9 Å². The normalized spacial score (nSPS) is 16.1. The summed E-state index contributed by atoms with van der Waals surface area (Å²) in [5.41, 5.74) is 7.94. The zero-order chi connectivity index (χ0) is 30.6. The number of morpholine rings is 1. The third-order valence-corrected chi connectivity index (χ3v) is 9.43. The molecule has 0 atom stereocenters. The topological polar surface area (TPSA) is 73.9 Å². The van der Waals surface area contributed by atoms with Crippen LogP contribution in [0.15, 0.2) is 60.7 Å². The van der Waals surface area contributed by atoms with Crippen LogP contribution in [0.5, 0.6) is 5.75 Å². The molecule has 0 unspecified atom stereocenters. The number of aromatic nitrogens is 3. The van der Waals surface area contributed by atoms with Crippen LogP contribution in [0.4, 0.5) is 0 Å². The van der Waals surface area contributed by atoms with E-state index in [0.29, 0.717) is 19.8 Å². The smallest absolute Gasteiger partial charge is 0.127 e. The van der Waals surface area contributed by atoms with Gasteiger partial charge in [-0.15, -0.1) is 0 Å². The molecule has 1 fully saturated rings. The van der Waals surface area contributed by atoms with E-state index in [1.165, 1.54) is 33.0 Å². The van der Waals surface area contributed by atoms with Crippen LogP contribution in [0.3, 0.4) is 0 Å². The summed E-state index contributed by atoms with van der Waals surface area (Å²) in [6.45, 7) is 10.1. The predicted octanol–water partition coefficient (Wildman–Crippen LogP) is 6.11. The van der Waals surface area contributed by atoms with Crippen LogP contribution in [-0.4, -0.2) is 70.4 Å². The summed E-state index contributed by atoms with van der Waals surface area (Å²) < 4.78 is 22.7. The fourth-order valence-electron chi connectivity index (χ4n) is 7.21. The van der Waals surface area contributed by atoms with Crippen LogP contribution in [0, 0.1) is 6.92 Å². The minimum Gasteiger partial charge on any atom is -0.493 e. The maximum Gasteiger partial charge on any atom is 0.127 e. The highest BCUT2D eigenvalue weighted by Gasteiger charge is 2.25. The molecule has 0 saturated carbocycles. The van der Waals surface area contributed by atoms with E-state index in [0.717, 1.165) is 99.8 Å². The summed E-state index contributed by atoms with van der Waals surface area (Å²) in [5, 5.41) is 19.4. The SMILES string of the molecule is Cc1nn(CCN2CCOCC2)c2c1-c1cccc3c(CCCOc4cccc5ccccc45)c(CO)n(c13)CCCCOC2. The van der Waals surface area contributed by atoms with Crippen molar-refractivity contribution in [3.8, 4) is 16.9 Å². The molecule has 4 heterocycles. The van der Waals surface area contributed by atoms with Gasteiger partial charge in [0.2, 0.25) is 0 Å². The van der Waals surface area contributed by atoms with Crippen molar-refractivity contribution in [1.82, 2.24) is 19.2 Å². The zero-order valence-electron chi connectivity index (χ0n) is 26.3. The van der Waals surface area contributed by atoms with Gasteiger partial charge in [0.15, 0.2) is 0 Å². The first kappa shape index (κ1) is 30.0. The van der Waals surface area contributed by atoms with Crippen molar-refractivity contribution in [3.63, 3.8) is 0 Å². The predicted molar refractivity (Wildman–Crippen MR) is 178 cm³/mol. The van der Waals surface area contributed by atoms with E-state index in [4.69, 9.17) is 19.3 Å². The summed E-state index contributed by atoms with van der Waals surface area (Å²) in [5.74, 6) is 0.922. The minimum atomic E-state index is 0.00871. The summed E-state index contributed by atoms with van der Waals surface area (Å²) in [4.78, 5) is 2.45. The molecular weight excluding hydrogens is 564 g/mol. The molecule has 2 aromatic heterocycles. The van der Waals surface area contributed by atoms with Crippen molar-refractivity contribution in [2.45, 2.75) is 58.9 Å². The Morgan fingerprint density at radius 2 is 1.69 bits per heavy atom. The van der Waals surface area contributed by atoms with Gasteiger partial charge in [-0.1, -0.05) is 54.6 Å². The monoisotopic (exact) mass is 608 g/mol. The number of rotatable bonds is 9. The number of aryl methyl sites for hydroxylation is 3. The lowest BCUT2D eigenvalue weighted by Gasteiger charge is -2.26. The molecule has 1 saturated heterocycles. The van der Waals surface area contributed by atoms with Crippen LogP contribution in [-0.2, 0) is 42.2 Å². The fraction of sp³-hybridized carbons (Fsp3) is 0.432. The summed E-state index contributed by atoms with van der Waals surface area (Å²) in [6.07, 6.45) is 3.66. The standard InChI is InChI=1S/C37H44N4O4/c1-27-36-32-13-7-12-31-30(14-8-22-45-35-15-6-10-28-9-2-3-11-29(28)35)33(25-42)40(37(31)32)16-4-5-21-44-26-34(36)41(38-27)18-17-39-19-23-43-24-20-39/h2-3,6-7,9-13,15,42H,4-5,8,14,16-26H2,1H3. The summed E-state index contributed by atoms with van der Waals surface area (Å²) in [6, 6.07) is 21.2. The fourth-order valence-corrected chi connectivity index (χ4v) is 7.21. The lowest BCUT2D eigenvalue weighted by atomic mass is 9.98. The van der Waals surface area contributed by atoms with Crippen LogP contribution < -0.4 is 4.74 Å². The molecule has 0 radical (unpaired) electrons. The second kappa shape index (κ2) is 13.7. The van der Waals surface area contributed by atoms with E-state index in [1.54, 1.807) is 0 Å². The van der Waals surface area contributed by atoms with Gasteiger partial charge in [-0.05, 0) is 49.6 Å². The average Bonchev–Trinajstić information content (AvgIpc) is 3.55. The quantitative estimate of drug-likeness (QED) is 0.204. The van der Waals surface area contributed by atoms with Gasteiger partial charge in [-0.25, -0.2) is 0 Å². The third-order valence-electron chi connectivity index (χ3n) is 9.43. The van der Waals surface area contributed by atoms with Gasteiger partial charge in [-0.2, -0.15) is 5.10 Å². The van der Waals surface area contributed by atoms with Crippen molar-refractivity contribution < 1.29 is 19.3 Å². The van der Waals surface area contributed by atoms with E-state index in [2.05, 4.69) is 81.7 Å². The molecule has 236 valence electrons. The number of para-hydroxylation sites is 1. The number of hydrogen-bond acceptors (Lipinski definition) is 6. The van der Waals surface area contributed by atoms with Crippen molar-refractivity contribution in [2.75, 3.05) is 46.1 Å². The number of aliphatic hydroxyl groups is 1. The maximum atomic E-state index is 10.8. The minimum absolute atomic E-state index is 0.00871. The largest absolute Gasteiger partial charge is 0.493 e. The molecule has 8 heteroatoms. The highest BCUT2D eigenvalue weighted by molar-refractivity contribution is 5.98. The molecule has 7 rings (SSSR count). The van der Waals surface area contributed by atoms with Gasteiger partial charge >= 0.3 is 0 Å². The first-order valence-electron chi connectivity index (χ1n) is 16.5. The Bertz CT molecular complexity index is 1760. The average molecular weight is 609 g/mol. The molecule has 45 heavy (non-hydrogen) atoms. The summed E-state index contributed by atoms with van der Waals surface area (Å²) >= 11 is 0. The van der Waals surface area contributed by atoms with Gasteiger partial charge in [0.1, 0.15) is 5.75 Å². The Kier molecular flexibility index (Phi) is 9.16. The molecule has 0 spiro atoms. The summed E-state index contributed by atoms with van der Waals surface area (Å²) in [7, 11) is 0. The van der Waals surface area contributed by atoms with E-state index < -0.39 is 0 Å². The van der Waals surface area contributed by atoms with Crippen LogP contribution in [0.25, 0.3) is 32.8 Å². The number of fused-ring (bicyclic) bond motifs is 3. The van der Waals surface area contributed by atoms with Crippen molar-refractivity contribution >= 4 is 21.7 Å². The van der Waals surface area contributed by atoms with Gasteiger partial charge in [-0.3, -0.25) is 9.58 Å². The lowest BCUT2D eigenvalue weighted by Crippen LogP contribution is -2.38. The van der Waals surface area contributed by atoms with Crippen molar-refractivity contribution in [2.24, 2.45) is 0 Å². The van der Waals surface area contributed by atoms with Crippen LogP contribution in [0.1, 0.15) is 41.9 Å². The molecule has 1 N–H and O–H groups in total. The third kappa shape index (κ3) is 6.12. The Hall–Kier alpha value is -3.69. The highest BCUT2D eigenvalue weighted by atomic mass is 16.5. The number of ether oxygens (including phenoxy) is 3.